The van der Waals surface area contributed by atoms with Crippen LogP contribution in [0.15, 0.2) is 106 Å². The third-order valence-corrected chi connectivity index (χ3v) is 7.95. The van der Waals surface area contributed by atoms with E-state index >= 15 is 0 Å². The number of hydrogen-bond acceptors (Lipinski definition) is 6. The van der Waals surface area contributed by atoms with Gasteiger partial charge in [-0.15, -0.1) is 11.8 Å². The second-order valence-electron chi connectivity index (χ2n) is 9.18. The number of carbonyl (C=O) groups excluding carboxylic acids is 4. The minimum Gasteiger partial charge on any atom is -0.326 e. The maximum absolute atomic E-state index is 13.3. The molecule has 0 aliphatic heterocycles. The summed E-state index contributed by atoms with van der Waals surface area (Å²) in [6.45, 7) is 3.36. The molecular weight excluding hydrogens is 569 g/mol. The second-order valence-corrected chi connectivity index (χ2v) is 11.2. The first-order valence-electron chi connectivity index (χ1n) is 13.2. The fourth-order valence-corrected chi connectivity index (χ4v) is 5.49. The van der Waals surface area contributed by atoms with Crippen LogP contribution in [-0.4, -0.2) is 28.9 Å². The average molecular weight is 599 g/mol. The molecule has 1 heterocycles. The molecule has 0 saturated carbocycles. The Hall–Kier alpha value is -4.67. The lowest BCUT2D eigenvalue weighted by molar-refractivity contribution is -0.116. The summed E-state index contributed by atoms with van der Waals surface area (Å²) < 4.78 is 0. The number of rotatable bonds is 11. The lowest BCUT2D eigenvalue weighted by Gasteiger charge is -2.16. The SMILES string of the molecule is CCC(Sc1cccc(NC(=O)/C(=C/c2ccsc2)NC(=O)c2ccccc2)c1)C(=O)Nc1ccc(NC(C)=O)cc1. The van der Waals surface area contributed by atoms with Gasteiger partial charge >= 0.3 is 0 Å². The zero-order valence-electron chi connectivity index (χ0n) is 23.0. The molecule has 214 valence electrons. The zero-order chi connectivity index (χ0) is 29.9. The Kier molecular flexibility index (Phi) is 10.7. The number of amides is 4. The minimum atomic E-state index is -0.472. The van der Waals surface area contributed by atoms with Crippen LogP contribution >= 0.6 is 23.1 Å². The van der Waals surface area contributed by atoms with Gasteiger partial charge in [-0.2, -0.15) is 11.3 Å². The third-order valence-electron chi connectivity index (χ3n) is 5.89. The standard InChI is InChI=1S/C32H30N4O4S2/c1-3-29(32(40)34-25-14-12-24(13-15-25)33-21(2)37)42-27-11-7-10-26(19-27)35-31(39)28(18-22-16-17-41-20-22)36-30(38)23-8-5-4-6-9-23/h4-20,29H,3H2,1-2H3,(H,33,37)(H,34,40)(H,35,39)(H,36,38)/b28-18-. The van der Waals surface area contributed by atoms with Gasteiger partial charge in [0.05, 0.1) is 5.25 Å². The molecule has 8 nitrogen and oxygen atoms in total. The quantitative estimate of drug-likeness (QED) is 0.114. The monoisotopic (exact) mass is 598 g/mol. The predicted octanol–water partition coefficient (Wildman–Crippen LogP) is 6.63. The summed E-state index contributed by atoms with van der Waals surface area (Å²) in [5.74, 6) is -1.19. The van der Waals surface area contributed by atoms with Gasteiger partial charge in [0.2, 0.25) is 11.8 Å². The molecule has 4 amide bonds. The van der Waals surface area contributed by atoms with Crippen molar-refractivity contribution in [2.75, 3.05) is 16.0 Å². The maximum Gasteiger partial charge on any atom is 0.272 e. The molecule has 0 fully saturated rings. The summed E-state index contributed by atoms with van der Waals surface area (Å²) in [7, 11) is 0. The van der Waals surface area contributed by atoms with Crippen LogP contribution in [0.3, 0.4) is 0 Å². The van der Waals surface area contributed by atoms with Crippen LogP contribution < -0.4 is 21.3 Å². The van der Waals surface area contributed by atoms with Gasteiger partial charge in [0.15, 0.2) is 0 Å². The Morgan fingerprint density at radius 2 is 1.55 bits per heavy atom. The van der Waals surface area contributed by atoms with Gasteiger partial charge in [-0.3, -0.25) is 19.2 Å². The lowest BCUT2D eigenvalue weighted by Crippen LogP contribution is -2.30. The number of nitrogens with one attached hydrogen (secondary N) is 4. The minimum absolute atomic E-state index is 0.107. The predicted molar refractivity (Wildman–Crippen MR) is 171 cm³/mol. The van der Waals surface area contributed by atoms with Crippen molar-refractivity contribution in [3.05, 3.63) is 113 Å². The second kappa shape index (κ2) is 14.8. The van der Waals surface area contributed by atoms with Gasteiger partial charge in [-0.05, 0) is 89.5 Å². The molecular formula is C32H30N4O4S2. The van der Waals surface area contributed by atoms with Gasteiger partial charge in [-0.1, -0.05) is 31.2 Å². The van der Waals surface area contributed by atoms with Gasteiger partial charge in [0, 0.05) is 34.4 Å². The zero-order valence-corrected chi connectivity index (χ0v) is 24.7. The maximum atomic E-state index is 13.3. The molecule has 10 heteroatoms. The van der Waals surface area contributed by atoms with E-state index in [2.05, 4.69) is 21.3 Å². The van der Waals surface area contributed by atoms with Crippen molar-refractivity contribution in [2.24, 2.45) is 0 Å². The van der Waals surface area contributed by atoms with E-state index in [0.717, 1.165) is 10.5 Å². The van der Waals surface area contributed by atoms with Crippen molar-refractivity contribution in [3.63, 3.8) is 0 Å². The van der Waals surface area contributed by atoms with Crippen LogP contribution in [0.1, 0.15) is 36.2 Å². The summed E-state index contributed by atoms with van der Waals surface area (Å²) in [5.41, 5.74) is 3.14. The van der Waals surface area contributed by atoms with Crippen LogP contribution in [0.5, 0.6) is 0 Å². The van der Waals surface area contributed by atoms with E-state index in [0.29, 0.717) is 29.0 Å². The summed E-state index contributed by atoms with van der Waals surface area (Å²) in [4.78, 5) is 51.2. The van der Waals surface area contributed by atoms with Crippen LogP contribution in [0.25, 0.3) is 6.08 Å². The van der Waals surface area contributed by atoms with Crippen molar-refractivity contribution in [3.8, 4) is 0 Å². The van der Waals surface area contributed by atoms with Crippen molar-refractivity contribution >= 4 is 69.9 Å². The molecule has 1 atom stereocenters. The number of anilines is 3. The van der Waals surface area contributed by atoms with Gasteiger partial charge < -0.3 is 21.3 Å². The van der Waals surface area contributed by atoms with E-state index in [-0.39, 0.29) is 22.8 Å². The number of carbonyl (C=O) groups is 4. The van der Waals surface area contributed by atoms with E-state index in [1.807, 2.05) is 35.9 Å². The molecule has 42 heavy (non-hydrogen) atoms. The molecule has 4 N–H and O–H groups in total. The molecule has 0 radical (unpaired) electrons. The smallest absolute Gasteiger partial charge is 0.272 e. The summed E-state index contributed by atoms with van der Waals surface area (Å²) in [5, 5.41) is 14.6. The first kappa shape index (κ1) is 30.3. The van der Waals surface area contributed by atoms with E-state index < -0.39 is 11.8 Å². The molecule has 3 aromatic carbocycles. The Morgan fingerprint density at radius 1 is 0.833 bits per heavy atom. The van der Waals surface area contributed by atoms with Crippen LogP contribution in [-0.2, 0) is 14.4 Å². The fraction of sp³-hybridized carbons (Fsp3) is 0.125. The molecule has 4 rings (SSSR count). The van der Waals surface area contributed by atoms with Gasteiger partial charge in [0.1, 0.15) is 5.70 Å². The normalized spacial score (nSPS) is 11.7. The van der Waals surface area contributed by atoms with Crippen LogP contribution in [0.2, 0.25) is 0 Å². The number of thiophene rings is 1. The fourth-order valence-electron chi connectivity index (χ4n) is 3.86. The highest BCUT2D eigenvalue weighted by atomic mass is 32.2. The van der Waals surface area contributed by atoms with Crippen molar-refractivity contribution in [1.29, 1.82) is 0 Å². The molecule has 0 spiro atoms. The molecule has 1 aromatic heterocycles. The number of benzene rings is 3. The van der Waals surface area contributed by atoms with E-state index in [9.17, 15) is 19.2 Å². The highest BCUT2D eigenvalue weighted by Gasteiger charge is 2.19. The van der Waals surface area contributed by atoms with Crippen molar-refractivity contribution < 1.29 is 19.2 Å². The number of hydrogen-bond donors (Lipinski definition) is 4. The van der Waals surface area contributed by atoms with Gasteiger partial charge in [0.25, 0.3) is 11.8 Å². The highest BCUT2D eigenvalue weighted by Crippen LogP contribution is 2.29. The third kappa shape index (κ3) is 8.92. The molecule has 4 aromatic rings. The highest BCUT2D eigenvalue weighted by molar-refractivity contribution is 8.00. The van der Waals surface area contributed by atoms with E-state index in [1.54, 1.807) is 72.8 Å². The lowest BCUT2D eigenvalue weighted by atomic mass is 10.2. The van der Waals surface area contributed by atoms with Crippen LogP contribution in [0.4, 0.5) is 17.1 Å². The van der Waals surface area contributed by atoms with E-state index in [1.165, 1.54) is 30.0 Å². The summed E-state index contributed by atoms with van der Waals surface area (Å²) in [6.07, 6.45) is 2.21. The first-order valence-corrected chi connectivity index (χ1v) is 15.0. The molecule has 0 aliphatic rings. The first-order chi connectivity index (χ1) is 20.3. The van der Waals surface area contributed by atoms with Gasteiger partial charge in [-0.25, -0.2) is 0 Å². The Balaban J connectivity index is 1.43. The largest absolute Gasteiger partial charge is 0.326 e. The van der Waals surface area contributed by atoms with E-state index in [4.69, 9.17) is 0 Å². The van der Waals surface area contributed by atoms with Crippen LogP contribution in [0, 0.1) is 0 Å². The van der Waals surface area contributed by atoms with Crippen molar-refractivity contribution in [1.82, 2.24) is 5.32 Å². The Labute approximate surface area is 252 Å². The molecule has 0 bridgehead atoms. The van der Waals surface area contributed by atoms with Crippen molar-refractivity contribution in [2.45, 2.75) is 30.4 Å². The Bertz CT molecular complexity index is 1570. The summed E-state index contributed by atoms with van der Waals surface area (Å²) >= 11 is 2.87. The molecule has 0 saturated heterocycles. The Morgan fingerprint density at radius 3 is 2.19 bits per heavy atom. The average Bonchev–Trinajstić information content (AvgIpc) is 3.50. The molecule has 0 aliphatic carbocycles. The topological polar surface area (TPSA) is 116 Å². The number of thioether (sulfide) groups is 1. The summed E-state index contributed by atoms with van der Waals surface area (Å²) in [6, 6.07) is 24.7. The molecule has 1 unspecified atom stereocenters.